The molecule has 0 saturated heterocycles. The van der Waals surface area contributed by atoms with Crippen LogP contribution in [0.15, 0.2) is 24.3 Å². The molecule has 1 fully saturated rings. The van der Waals surface area contributed by atoms with Crippen LogP contribution >= 0.6 is 0 Å². The second-order valence-corrected chi connectivity index (χ2v) is 5.93. The van der Waals surface area contributed by atoms with Crippen LogP contribution in [-0.2, 0) is 14.4 Å². The van der Waals surface area contributed by atoms with Crippen LogP contribution in [-0.4, -0.2) is 30.8 Å². The zero-order valence-corrected chi connectivity index (χ0v) is 13.5. The zero-order valence-electron chi connectivity index (χ0n) is 13.5. The minimum atomic E-state index is -0.380. The Kier molecular flexibility index (Phi) is 5.73. The third kappa shape index (κ3) is 5.39. The van der Waals surface area contributed by atoms with Crippen LogP contribution < -0.4 is 16.0 Å². The van der Waals surface area contributed by atoms with E-state index in [4.69, 9.17) is 0 Å². The molecule has 0 aromatic heterocycles. The first-order chi connectivity index (χ1) is 11.0. The topological polar surface area (TPSA) is 87.3 Å². The number of nitrogens with one attached hydrogen (secondary N) is 3. The van der Waals surface area contributed by atoms with Gasteiger partial charge in [0, 0.05) is 6.92 Å². The molecule has 1 unspecified atom stereocenters. The van der Waals surface area contributed by atoms with Crippen LogP contribution in [0.4, 0.5) is 0 Å². The minimum absolute atomic E-state index is 0.00375. The van der Waals surface area contributed by atoms with Gasteiger partial charge >= 0.3 is 0 Å². The molecule has 2 rings (SSSR count). The highest BCUT2D eigenvalue weighted by Gasteiger charge is 2.34. The molecular weight excluding hydrogens is 294 g/mol. The highest BCUT2D eigenvalue weighted by atomic mass is 16.2. The van der Waals surface area contributed by atoms with E-state index < -0.39 is 0 Å². The van der Waals surface area contributed by atoms with E-state index in [0.717, 1.165) is 24.0 Å². The molecule has 1 atom stereocenters. The summed E-state index contributed by atoms with van der Waals surface area (Å²) < 4.78 is 0. The minimum Gasteiger partial charge on any atom is -0.347 e. The third-order valence-electron chi connectivity index (χ3n) is 3.88. The molecule has 0 bridgehead atoms. The lowest BCUT2D eigenvalue weighted by Crippen LogP contribution is -2.42. The van der Waals surface area contributed by atoms with Crippen molar-refractivity contribution in [1.82, 2.24) is 16.0 Å². The maximum absolute atomic E-state index is 12.1. The van der Waals surface area contributed by atoms with Crippen molar-refractivity contribution in [3.8, 4) is 0 Å². The van der Waals surface area contributed by atoms with Crippen molar-refractivity contribution in [1.29, 1.82) is 0 Å². The highest BCUT2D eigenvalue weighted by Crippen LogP contribution is 2.41. The molecule has 1 aliphatic rings. The first kappa shape index (κ1) is 17.0. The van der Waals surface area contributed by atoms with E-state index in [9.17, 15) is 14.4 Å². The van der Waals surface area contributed by atoms with Crippen molar-refractivity contribution in [2.24, 2.45) is 5.92 Å². The fourth-order valence-corrected chi connectivity index (χ4v) is 2.49. The van der Waals surface area contributed by atoms with Crippen molar-refractivity contribution in [2.45, 2.75) is 32.7 Å². The van der Waals surface area contributed by atoms with Crippen molar-refractivity contribution in [3.63, 3.8) is 0 Å². The molecule has 3 amide bonds. The van der Waals surface area contributed by atoms with Gasteiger partial charge in [-0.25, -0.2) is 0 Å². The number of aryl methyl sites for hydroxylation is 1. The fourth-order valence-electron chi connectivity index (χ4n) is 2.49. The van der Waals surface area contributed by atoms with E-state index in [1.165, 1.54) is 6.92 Å². The van der Waals surface area contributed by atoms with Gasteiger partial charge in [-0.1, -0.05) is 24.3 Å². The first-order valence-electron chi connectivity index (χ1n) is 7.83. The van der Waals surface area contributed by atoms with Crippen LogP contribution in [0.3, 0.4) is 0 Å². The SMILES string of the molecule is CC(=O)NCC(=O)NCC(=O)NC(c1ccccc1C)C1CC1. The van der Waals surface area contributed by atoms with E-state index in [1.807, 2.05) is 31.2 Å². The lowest BCUT2D eigenvalue weighted by molar-refractivity contribution is -0.127. The number of carbonyl (C=O) groups excluding carboxylic acids is 3. The summed E-state index contributed by atoms with van der Waals surface area (Å²) in [6, 6.07) is 8.02. The normalized spacial score (nSPS) is 14.7. The van der Waals surface area contributed by atoms with Gasteiger partial charge in [-0.2, -0.15) is 0 Å². The maximum atomic E-state index is 12.1. The van der Waals surface area contributed by atoms with E-state index in [2.05, 4.69) is 16.0 Å². The Bertz CT molecular complexity index is 597. The number of carbonyl (C=O) groups is 3. The summed E-state index contributed by atoms with van der Waals surface area (Å²) in [6.07, 6.45) is 2.21. The molecule has 0 aliphatic heterocycles. The molecule has 1 aromatic rings. The Morgan fingerprint density at radius 3 is 2.35 bits per heavy atom. The zero-order chi connectivity index (χ0) is 16.8. The van der Waals surface area contributed by atoms with E-state index in [0.29, 0.717) is 5.92 Å². The lowest BCUT2D eigenvalue weighted by atomic mass is 9.97. The van der Waals surface area contributed by atoms with Crippen LogP contribution in [0.25, 0.3) is 0 Å². The molecule has 23 heavy (non-hydrogen) atoms. The van der Waals surface area contributed by atoms with Crippen molar-refractivity contribution in [3.05, 3.63) is 35.4 Å². The largest absolute Gasteiger partial charge is 0.347 e. The summed E-state index contributed by atoms with van der Waals surface area (Å²) in [6.45, 7) is 3.16. The lowest BCUT2D eigenvalue weighted by Gasteiger charge is -2.21. The second-order valence-electron chi connectivity index (χ2n) is 5.93. The maximum Gasteiger partial charge on any atom is 0.239 e. The molecule has 1 aromatic carbocycles. The molecule has 0 radical (unpaired) electrons. The number of rotatable bonds is 7. The van der Waals surface area contributed by atoms with Gasteiger partial charge < -0.3 is 16.0 Å². The number of benzene rings is 1. The van der Waals surface area contributed by atoms with Crippen molar-refractivity contribution in [2.75, 3.05) is 13.1 Å². The predicted octanol–water partition coefficient (Wildman–Crippen LogP) is 0.815. The average Bonchev–Trinajstić information content (AvgIpc) is 3.34. The Morgan fingerprint density at radius 2 is 1.74 bits per heavy atom. The Morgan fingerprint density at radius 1 is 1.09 bits per heavy atom. The van der Waals surface area contributed by atoms with Gasteiger partial charge in [0.25, 0.3) is 0 Å². The molecule has 3 N–H and O–H groups in total. The molecule has 6 nitrogen and oxygen atoms in total. The Labute approximate surface area is 136 Å². The van der Waals surface area contributed by atoms with Crippen molar-refractivity contribution >= 4 is 17.7 Å². The van der Waals surface area contributed by atoms with Gasteiger partial charge in [0.1, 0.15) is 0 Å². The third-order valence-corrected chi connectivity index (χ3v) is 3.88. The van der Waals surface area contributed by atoms with E-state index >= 15 is 0 Å². The number of amides is 3. The van der Waals surface area contributed by atoms with Gasteiger partial charge in [0.15, 0.2) is 0 Å². The first-order valence-corrected chi connectivity index (χ1v) is 7.83. The molecule has 124 valence electrons. The predicted molar refractivity (Wildman–Crippen MR) is 86.5 cm³/mol. The molecular formula is C17H23N3O3. The molecule has 6 heteroatoms. The van der Waals surface area contributed by atoms with Gasteiger partial charge in [-0.15, -0.1) is 0 Å². The quantitative estimate of drug-likeness (QED) is 0.695. The van der Waals surface area contributed by atoms with Gasteiger partial charge in [-0.3, -0.25) is 14.4 Å². The van der Waals surface area contributed by atoms with Crippen LogP contribution in [0.1, 0.15) is 36.9 Å². The van der Waals surface area contributed by atoms with E-state index in [1.54, 1.807) is 0 Å². The highest BCUT2D eigenvalue weighted by molar-refractivity contribution is 5.87. The van der Waals surface area contributed by atoms with Gasteiger partial charge in [0.2, 0.25) is 17.7 Å². The molecule has 0 heterocycles. The second kappa shape index (κ2) is 7.76. The standard InChI is InChI=1S/C17H23N3O3/c1-11-5-3-4-6-14(11)17(13-7-8-13)20-16(23)10-19-15(22)9-18-12(2)21/h3-6,13,17H,7-10H2,1-2H3,(H,18,21)(H,19,22)(H,20,23). The molecule has 1 aliphatic carbocycles. The smallest absolute Gasteiger partial charge is 0.239 e. The summed E-state index contributed by atoms with van der Waals surface area (Å²) in [5.41, 5.74) is 2.28. The van der Waals surface area contributed by atoms with E-state index in [-0.39, 0.29) is 36.9 Å². The fraction of sp³-hybridized carbons (Fsp3) is 0.471. The molecule has 1 saturated carbocycles. The summed E-state index contributed by atoms with van der Waals surface area (Å²) in [7, 11) is 0. The Hall–Kier alpha value is -2.37. The summed E-state index contributed by atoms with van der Waals surface area (Å²) >= 11 is 0. The van der Waals surface area contributed by atoms with Crippen LogP contribution in [0.5, 0.6) is 0 Å². The average molecular weight is 317 g/mol. The van der Waals surface area contributed by atoms with Crippen LogP contribution in [0.2, 0.25) is 0 Å². The Balaban J connectivity index is 1.86. The van der Waals surface area contributed by atoms with Gasteiger partial charge in [0.05, 0.1) is 19.1 Å². The summed E-state index contributed by atoms with van der Waals surface area (Å²) in [5.74, 6) is -0.413. The van der Waals surface area contributed by atoms with Crippen molar-refractivity contribution < 1.29 is 14.4 Å². The summed E-state index contributed by atoms with van der Waals surface area (Å²) in [4.78, 5) is 34.3. The molecule has 0 spiro atoms. The monoisotopic (exact) mass is 317 g/mol. The number of hydrogen-bond donors (Lipinski definition) is 3. The summed E-state index contributed by atoms with van der Waals surface area (Å²) in [5, 5.41) is 7.91. The van der Waals surface area contributed by atoms with Gasteiger partial charge in [-0.05, 0) is 36.8 Å². The van der Waals surface area contributed by atoms with Crippen LogP contribution in [0, 0.1) is 12.8 Å². The number of hydrogen-bond acceptors (Lipinski definition) is 3.